The summed E-state index contributed by atoms with van der Waals surface area (Å²) in [6.07, 6.45) is 0.775. The first-order valence-corrected chi connectivity index (χ1v) is 3.83. The van der Waals surface area contributed by atoms with Crippen molar-refractivity contribution in [2.45, 2.75) is 13.0 Å². The molecule has 3 nitrogen and oxygen atoms in total. The fourth-order valence-corrected chi connectivity index (χ4v) is 1.18. The fraction of sp³-hybridized carbons (Fsp3) is 0.375. The number of fused-ring (bicyclic) bond motifs is 1. The van der Waals surface area contributed by atoms with Crippen molar-refractivity contribution < 1.29 is 18.3 Å². The molecule has 0 bridgehead atoms. The maximum Gasteiger partial charge on any atom is 0.388 e. The molecule has 1 aromatic rings. The van der Waals surface area contributed by atoms with Crippen molar-refractivity contribution in [1.82, 2.24) is 4.98 Å². The van der Waals surface area contributed by atoms with E-state index in [9.17, 15) is 8.78 Å². The molecule has 2 rings (SSSR count). The average molecular weight is 187 g/mol. The van der Waals surface area contributed by atoms with E-state index in [1.54, 1.807) is 6.07 Å². The molecule has 0 aromatic carbocycles. The molecule has 1 aliphatic rings. The van der Waals surface area contributed by atoms with Crippen LogP contribution in [-0.4, -0.2) is 18.2 Å². The quantitative estimate of drug-likeness (QED) is 0.704. The van der Waals surface area contributed by atoms with Gasteiger partial charge < -0.3 is 9.47 Å². The predicted octanol–water partition coefficient (Wildman–Crippen LogP) is 1.62. The first-order valence-electron chi connectivity index (χ1n) is 3.83. The lowest BCUT2D eigenvalue weighted by Gasteiger charge is -2.04. The van der Waals surface area contributed by atoms with Crippen LogP contribution in [0, 0.1) is 0 Å². The SMILES string of the molecule is FC(F)Oc1ccc2c(n1)OCC2. The number of halogens is 2. The third-order valence-corrected chi connectivity index (χ3v) is 1.73. The van der Waals surface area contributed by atoms with E-state index in [1.165, 1.54) is 6.07 Å². The van der Waals surface area contributed by atoms with Gasteiger partial charge in [-0.05, 0) is 6.07 Å². The molecule has 0 amide bonds. The van der Waals surface area contributed by atoms with Gasteiger partial charge in [-0.15, -0.1) is 0 Å². The van der Waals surface area contributed by atoms with Crippen LogP contribution in [0.5, 0.6) is 11.8 Å². The van der Waals surface area contributed by atoms with Crippen LogP contribution in [0.3, 0.4) is 0 Å². The Labute approximate surface area is 73.3 Å². The van der Waals surface area contributed by atoms with E-state index in [1.807, 2.05) is 0 Å². The Balaban J connectivity index is 2.21. The third-order valence-electron chi connectivity index (χ3n) is 1.73. The second-order valence-electron chi connectivity index (χ2n) is 2.59. The van der Waals surface area contributed by atoms with E-state index in [0.717, 1.165) is 12.0 Å². The first kappa shape index (κ1) is 8.22. The van der Waals surface area contributed by atoms with E-state index < -0.39 is 6.61 Å². The van der Waals surface area contributed by atoms with Gasteiger partial charge in [0.05, 0.1) is 6.61 Å². The Hall–Kier alpha value is -1.39. The minimum Gasteiger partial charge on any atom is -0.477 e. The van der Waals surface area contributed by atoms with Crippen LogP contribution in [0.2, 0.25) is 0 Å². The molecule has 0 unspecified atom stereocenters. The molecule has 13 heavy (non-hydrogen) atoms. The van der Waals surface area contributed by atoms with Gasteiger partial charge in [0.25, 0.3) is 0 Å². The summed E-state index contributed by atoms with van der Waals surface area (Å²) in [6, 6.07) is 3.10. The molecule has 0 saturated carbocycles. The number of ether oxygens (including phenoxy) is 2. The average Bonchev–Trinajstić information content (AvgIpc) is 2.49. The van der Waals surface area contributed by atoms with Gasteiger partial charge in [-0.3, -0.25) is 0 Å². The smallest absolute Gasteiger partial charge is 0.388 e. The predicted molar refractivity (Wildman–Crippen MR) is 40.1 cm³/mol. The summed E-state index contributed by atoms with van der Waals surface area (Å²) in [6.45, 7) is -2.28. The molecule has 1 aliphatic heterocycles. The molecule has 0 atom stereocenters. The number of alkyl halides is 2. The molecule has 0 saturated heterocycles. The van der Waals surface area contributed by atoms with Crippen LogP contribution in [0.25, 0.3) is 0 Å². The molecule has 0 aliphatic carbocycles. The van der Waals surface area contributed by atoms with Crippen molar-refractivity contribution in [2.24, 2.45) is 0 Å². The lowest BCUT2D eigenvalue weighted by atomic mass is 10.2. The summed E-state index contributed by atoms with van der Waals surface area (Å²) in [5.74, 6) is 0.300. The molecule has 0 radical (unpaired) electrons. The molecule has 1 aromatic heterocycles. The van der Waals surface area contributed by atoms with E-state index in [-0.39, 0.29) is 5.88 Å². The molecule has 0 spiro atoms. The molecule has 0 fully saturated rings. The van der Waals surface area contributed by atoms with Crippen molar-refractivity contribution in [3.63, 3.8) is 0 Å². The number of hydrogen-bond donors (Lipinski definition) is 0. The number of pyridine rings is 1. The third kappa shape index (κ3) is 1.68. The molecular formula is C8H7F2NO2. The van der Waals surface area contributed by atoms with Crippen molar-refractivity contribution in [2.75, 3.05) is 6.61 Å². The molecule has 70 valence electrons. The Kier molecular flexibility index (Phi) is 2.00. The van der Waals surface area contributed by atoms with Gasteiger partial charge in [-0.1, -0.05) is 0 Å². The van der Waals surface area contributed by atoms with Gasteiger partial charge in [-0.25, -0.2) is 0 Å². The monoisotopic (exact) mass is 187 g/mol. The van der Waals surface area contributed by atoms with Gasteiger partial charge in [0.1, 0.15) is 0 Å². The summed E-state index contributed by atoms with van der Waals surface area (Å²) in [5, 5.41) is 0. The second kappa shape index (κ2) is 3.16. The van der Waals surface area contributed by atoms with Crippen molar-refractivity contribution >= 4 is 0 Å². The van der Waals surface area contributed by atoms with Crippen LogP contribution in [-0.2, 0) is 6.42 Å². The fourth-order valence-electron chi connectivity index (χ4n) is 1.18. The standard InChI is InChI=1S/C8H7F2NO2/c9-8(10)13-6-2-1-5-3-4-12-7(5)11-6/h1-2,8H,3-4H2. The van der Waals surface area contributed by atoms with Gasteiger partial charge in [0.2, 0.25) is 11.8 Å². The van der Waals surface area contributed by atoms with Gasteiger partial charge in [0.15, 0.2) is 0 Å². The summed E-state index contributed by atoms with van der Waals surface area (Å²) < 4.78 is 32.7. The molecule has 2 heterocycles. The zero-order valence-electron chi connectivity index (χ0n) is 6.67. The van der Waals surface area contributed by atoms with Crippen LogP contribution in [0.1, 0.15) is 5.56 Å². The highest BCUT2D eigenvalue weighted by Gasteiger charge is 2.15. The van der Waals surface area contributed by atoms with E-state index in [0.29, 0.717) is 12.5 Å². The maximum atomic E-state index is 11.8. The molecule has 0 N–H and O–H groups in total. The molecule has 5 heteroatoms. The van der Waals surface area contributed by atoms with E-state index in [2.05, 4.69) is 9.72 Å². The van der Waals surface area contributed by atoms with Gasteiger partial charge in [0, 0.05) is 18.1 Å². The van der Waals surface area contributed by atoms with Crippen LogP contribution < -0.4 is 9.47 Å². The number of rotatable bonds is 2. The van der Waals surface area contributed by atoms with Crippen molar-refractivity contribution in [3.05, 3.63) is 17.7 Å². The highest BCUT2D eigenvalue weighted by atomic mass is 19.3. The normalized spacial score (nSPS) is 14.1. The summed E-state index contributed by atoms with van der Waals surface area (Å²) in [7, 11) is 0. The van der Waals surface area contributed by atoms with Crippen LogP contribution in [0.4, 0.5) is 8.78 Å². The summed E-state index contributed by atoms with van der Waals surface area (Å²) >= 11 is 0. The minimum absolute atomic E-state index is 0.101. The lowest BCUT2D eigenvalue weighted by Crippen LogP contribution is -2.03. The number of hydrogen-bond acceptors (Lipinski definition) is 3. The Morgan fingerprint density at radius 2 is 2.31 bits per heavy atom. The molecular weight excluding hydrogens is 180 g/mol. The topological polar surface area (TPSA) is 31.4 Å². The lowest BCUT2D eigenvalue weighted by molar-refractivity contribution is -0.0530. The van der Waals surface area contributed by atoms with Crippen LogP contribution in [0.15, 0.2) is 12.1 Å². The first-order chi connectivity index (χ1) is 6.25. The minimum atomic E-state index is -2.84. The largest absolute Gasteiger partial charge is 0.477 e. The van der Waals surface area contributed by atoms with Crippen molar-refractivity contribution in [1.29, 1.82) is 0 Å². The highest BCUT2D eigenvalue weighted by molar-refractivity contribution is 5.33. The number of aromatic nitrogens is 1. The van der Waals surface area contributed by atoms with Crippen molar-refractivity contribution in [3.8, 4) is 11.8 Å². The highest BCUT2D eigenvalue weighted by Crippen LogP contribution is 2.25. The van der Waals surface area contributed by atoms with E-state index in [4.69, 9.17) is 4.74 Å². The second-order valence-corrected chi connectivity index (χ2v) is 2.59. The van der Waals surface area contributed by atoms with Gasteiger partial charge in [-0.2, -0.15) is 13.8 Å². The van der Waals surface area contributed by atoms with Gasteiger partial charge >= 0.3 is 6.61 Å². The number of nitrogens with zero attached hydrogens (tertiary/aromatic N) is 1. The zero-order valence-corrected chi connectivity index (χ0v) is 6.67. The van der Waals surface area contributed by atoms with Crippen LogP contribution >= 0.6 is 0 Å². The summed E-state index contributed by atoms with van der Waals surface area (Å²) in [4.78, 5) is 3.77. The zero-order chi connectivity index (χ0) is 9.26. The Morgan fingerprint density at radius 1 is 1.46 bits per heavy atom. The Morgan fingerprint density at radius 3 is 3.08 bits per heavy atom. The van der Waals surface area contributed by atoms with E-state index >= 15 is 0 Å². The maximum absolute atomic E-state index is 11.8. The summed E-state index contributed by atoms with van der Waals surface area (Å²) in [5.41, 5.74) is 0.932. The Bertz CT molecular complexity index is 317.